The van der Waals surface area contributed by atoms with Crippen molar-refractivity contribution in [2.24, 2.45) is 0 Å². The summed E-state index contributed by atoms with van der Waals surface area (Å²) < 4.78 is 11.3. The first kappa shape index (κ1) is 18.1. The Kier molecular flexibility index (Phi) is 5.97. The number of ether oxygens (including phenoxy) is 2. The van der Waals surface area contributed by atoms with Gasteiger partial charge in [0.25, 0.3) is 5.91 Å². The smallest absolute Gasteiger partial charge is 0.260 e. The highest BCUT2D eigenvalue weighted by molar-refractivity contribution is 6.30. The fraction of sp³-hybridized carbons (Fsp3) is 0.190. The van der Waals surface area contributed by atoms with Crippen LogP contribution in [0.4, 0.5) is 0 Å². The van der Waals surface area contributed by atoms with Gasteiger partial charge in [0.15, 0.2) is 6.10 Å². The number of carbonyl (C=O) groups is 1. The largest absolute Gasteiger partial charge is 0.492 e. The molecular weight excluding hydrogens is 350 g/mol. The molecule has 1 N–H and O–H groups in total. The zero-order chi connectivity index (χ0) is 18.4. The van der Waals surface area contributed by atoms with Crippen LogP contribution in [0.2, 0.25) is 5.02 Å². The summed E-state index contributed by atoms with van der Waals surface area (Å²) >= 11 is 5.91. The molecule has 0 fully saturated rings. The molecule has 0 saturated carbocycles. The lowest BCUT2D eigenvalue weighted by Gasteiger charge is -2.15. The first-order valence-electron chi connectivity index (χ1n) is 8.43. The van der Waals surface area contributed by atoms with Crippen molar-refractivity contribution in [3.63, 3.8) is 0 Å². The highest BCUT2D eigenvalue weighted by Crippen LogP contribution is 2.20. The Morgan fingerprint density at radius 1 is 1.00 bits per heavy atom. The first-order chi connectivity index (χ1) is 12.6. The Morgan fingerprint density at radius 3 is 2.62 bits per heavy atom. The maximum Gasteiger partial charge on any atom is 0.260 e. The van der Waals surface area contributed by atoms with Crippen molar-refractivity contribution in [1.29, 1.82) is 0 Å². The minimum Gasteiger partial charge on any atom is -0.492 e. The summed E-state index contributed by atoms with van der Waals surface area (Å²) in [6.07, 6.45) is -0.617. The maximum absolute atomic E-state index is 12.1. The standard InChI is InChI=1S/C21H20ClNO3/c1-15(26-20-8-4-7-18(22)14-20)21(24)23-11-12-25-19-10-9-16-5-2-3-6-17(16)13-19/h2-10,13-15H,11-12H2,1H3,(H,23,24)/t15-/m0/s1. The molecule has 134 valence electrons. The van der Waals surface area contributed by atoms with E-state index in [1.807, 2.05) is 36.4 Å². The molecule has 0 radical (unpaired) electrons. The number of hydrogen-bond acceptors (Lipinski definition) is 3. The van der Waals surface area contributed by atoms with Crippen LogP contribution < -0.4 is 14.8 Å². The second-order valence-corrected chi connectivity index (χ2v) is 6.30. The fourth-order valence-electron chi connectivity index (χ4n) is 2.54. The molecule has 3 aromatic carbocycles. The number of benzene rings is 3. The van der Waals surface area contributed by atoms with Gasteiger partial charge in [0.1, 0.15) is 18.1 Å². The van der Waals surface area contributed by atoms with E-state index >= 15 is 0 Å². The summed E-state index contributed by atoms with van der Waals surface area (Å²) in [5, 5.41) is 5.66. The zero-order valence-electron chi connectivity index (χ0n) is 14.4. The van der Waals surface area contributed by atoms with E-state index in [1.165, 1.54) is 5.39 Å². The summed E-state index contributed by atoms with van der Waals surface area (Å²) in [6, 6.07) is 21.0. The Hall–Kier alpha value is -2.72. The summed E-state index contributed by atoms with van der Waals surface area (Å²) in [5.41, 5.74) is 0. The molecule has 0 saturated heterocycles. The van der Waals surface area contributed by atoms with Gasteiger partial charge in [-0.05, 0) is 48.0 Å². The Labute approximate surface area is 157 Å². The van der Waals surface area contributed by atoms with Gasteiger partial charge in [0.2, 0.25) is 0 Å². The normalized spacial score (nSPS) is 11.8. The van der Waals surface area contributed by atoms with E-state index in [4.69, 9.17) is 21.1 Å². The molecule has 1 atom stereocenters. The van der Waals surface area contributed by atoms with Crippen LogP contribution in [-0.2, 0) is 4.79 Å². The molecule has 0 heterocycles. The lowest BCUT2D eigenvalue weighted by atomic mass is 10.1. The number of carbonyl (C=O) groups excluding carboxylic acids is 1. The van der Waals surface area contributed by atoms with Gasteiger partial charge >= 0.3 is 0 Å². The molecule has 0 aliphatic rings. The minimum atomic E-state index is -0.617. The minimum absolute atomic E-state index is 0.202. The van der Waals surface area contributed by atoms with Gasteiger partial charge in [-0.25, -0.2) is 0 Å². The quantitative estimate of drug-likeness (QED) is 0.626. The molecule has 0 aromatic heterocycles. The molecule has 1 amide bonds. The number of nitrogens with one attached hydrogen (secondary N) is 1. The average Bonchev–Trinajstić information content (AvgIpc) is 2.65. The van der Waals surface area contributed by atoms with E-state index in [0.29, 0.717) is 23.9 Å². The predicted molar refractivity (Wildman–Crippen MR) is 104 cm³/mol. The third-order valence-corrected chi connectivity index (χ3v) is 4.10. The molecule has 0 aliphatic heterocycles. The van der Waals surface area contributed by atoms with Crippen molar-refractivity contribution in [3.05, 3.63) is 71.8 Å². The van der Waals surface area contributed by atoms with Gasteiger partial charge in [0.05, 0.1) is 6.54 Å². The van der Waals surface area contributed by atoms with Gasteiger partial charge in [-0.1, -0.05) is 48.0 Å². The SMILES string of the molecule is C[C@H](Oc1cccc(Cl)c1)C(=O)NCCOc1ccc2ccccc2c1. The van der Waals surface area contributed by atoms with Crippen LogP contribution in [0.25, 0.3) is 10.8 Å². The van der Waals surface area contributed by atoms with E-state index in [1.54, 1.807) is 31.2 Å². The number of halogens is 1. The highest BCUT2D eigenvalue weighted by Gasteiger charge is 2.14. The van der Waals surface area contributed by atoms with Gasteiger partial charge < -0.3 is 14.8 Å². The number of amides is 1. The highest BCUT2D eigenvalue weighted by atomic mass is 35.5. The second kappa shape index (κ2) is 8.59. The van der Waals surface area contributed by atoms with Crippen LogP contribution in [0.1, 0.15) is 6.92 Å². The van der Waals surface area contributed by atoms with E-state index < -0.39 is 6.10 Å². The molecule has 26 heavy (non-hydrogen) atoms. The van der Waals surface area contributed by atoms with Gasteiger partial charge in [-0.15, -0.1) is 0 Å². The summed E-state index contributed by atoms with van der Waals surface area (Å²) in [4.78, 5) is 12.1. The van der Waals surface area contributed by atoms with E-state index in [2.05, 4.69) is 11.4 Å². The van der Waals surface area contributed by atoms with Crippen molar-refractivity contribution < 1.29 is 14.3 Å². The number of hydrogen-bond donors (Lipinski definition) is 1. The summed E-state index contributed by atoms with van der Waals surface area (Å²) in [6.45, 7) is 2.48. The first-order valence-corrected chi connectivity index (χ1v) is 8.81. The van der Waals surface area contributed by atoms with E-state index in [0.717, 1.165) is 11.1 Å². The Bertz CT molecular complexity index is 897. The maximum atomic E-state index is 12.1. The van der Waals surface area contributed by atoms with Crippen molar-refractivity contribution in [1.82, 2.24) is 5.32 Å². The Morgan fingerprint density at radius 2 is 1.81 bits per heavy atom. The van der Waals surface area contributed by atoms with Crippen molar-refractivity contribution >= 4 is 28.3 Å². The van der Waals surface area contributed by atoms with Crippen molar-refractivity contribution in [3.8, 4) is 11.5 Å². The summed E-state index contributed by atoms with van der Waals surface area (Å²) in [5.74, 6) is 1.14. The van der Waals surface area contributed by atoms with Crippen LogP contribution in [0, 0.1) is 0 Å². The molecule has 3 aromatic rings. The third kappa shape index (κ3) is 4.90. The molecule has 0 unspecified atom stereocenters. The van der Waals surface area contributed by atoms with Gasteiger partial charge in [-0.3, -0.25) is 4.79 Å². The molecule has 0 spiro atoms. The van der Waals surface area contributed by atoms with Crippen LogP contribution in [0.5, 0.6) is 11.5 Å². The third-order valence-electron chi connectivity index (χ3n) is 3.87. The van der Waals surface area contributed by atoms with Gasteiger partial charge in [0, 0.05) is 5.02 Å². The van der Waals surface area contributed by atoms with Crippen LogP contribution in [-0.4, -0.2) is 25.2 Å². The second-order valence-electron chi connectivity index (χ2n) is 5.87. The Balaban J connectivity index is 1.44. The van der Waals surface area contributed by atoms with Crippen molar-refractivity contribution in [2.45, 2.75) is 13.0 Å². The lowest BCUT2D eigenvalue weighted by Crippen LogP contribution is -2.38. The van der Waals surface area contributed by atoms with Gasteiger partial charge in [-0.2, -0.15) is 0 Å². The molecule has 4 nitrogen and oxygen atoms in total. The zero-order valence-corrected chi connectivity index (χ0v) is 15.2. The van der Waals surface area contributed by atoms with E-state index in [-0.39, 0.29) is 5.91 Å². The lowest BCUT2D eigenvalue weighted by molar-refractivity contribution is -0.127. The number of rotatable bonds is 7. The average molecular weight is 370 g/mol. The van der Waals surface area contributed by atoms with Crippen LogP contribution in [0.15, 0.2) is 66.7 Å². The molecule has 0 bridgehead atoms. The van der Waals surface area contributed by atoms with Crippen LogP contribution >= 0.6 is 11.6 Å². The molecular formula is C21H20ClNO3. The summed E-state index contributed by atoms with van der Waals surface area (Å²) in [7, 11) is 0. The fourth-order valence-corrected chi connectivity index (χ4v) is 2.72. The topological polar surface area (TPSA) is 47.6 Å². The van der Waals surface area contributed by atoms with E-state index in [9.17, 15) is 4.79 Å². The molecule has 0 aliphatic carbocycles. The number of fused-ring (bicyclic) bond motifs is 1. The monoisotopic (exact) mass is 369 g/mol. The van der Waals surface area contributed by atoms with Crippen LogP contribution in [0.3, 0.4) is 0 Å². The molecule has 3 rings (SSSR count). The predicted octanol–water partition coefficient (Wildman–Crippen LogP) is 4.46. The van der Waals surface area contributed by atoms with Crippen molar-refractivity contribution in [2.75, 3.05) is 13.2 Å². The molecule has 5 heteroatoms.